The number of anilines is 1. The molecule has 1 unspecified atom stereocenters. The van der Waals surface area contributed by atoms with Crippen LogP contribution in [0, 0.1) is 5.92 Å². The molecule has 1 N–H and O–H groups in total. The van der Waals surface area contributed by atoms with E-state index in [1.807, 2.05) is 24.3 Å². The first-order valence-electron chi connectivity index (χ1n) is 10.4. The van der Waals surface area contributed by atoms with Crippen molar-refractivity contribution in [3.8, 4) is 22.9 Å². The van der Waals surface area contributed by atoms with E-state index in [1.165, 1.54) is 0 Å². The van der Waals surface area contributed by atoms with Crippen LogP contribution in [0.3, 0.4) is 0 Å². The second kappa shape index (κ2) is 10.1. The van der Waals surface area contributed by atoms with Crippen molar-refractivity contribution in [3.63, 3.8) is 0 Å². The summed E-state index contributed by atoms with van der Waals surface area (Å²) in [5.74, 6) is 2.16. The molecule has 0 bridgehead atoms. The van der Waals surface area contributed by atoms with Gasteiger partial charge in [-0.15, -0.1) is 0 Å². The van der Waals surface area contributed by atoms with Crippen molar-refractivity contribution in [1.29, 1.82) is 0 Å². The highest BCUT2D eigenvalue weighted by Crippen LogP contribution is 2.30. The summed E-state index contributed by atoms with van der Waals surface area (Å²) in [5, 5.41) is 7.09. The number of rotatable bonds is 7. The summed E-state index contributed by atoms with van der Waals surface area (Å²) >= 11 is 3.46. The molecule has 1 aliphatic heterocycles. The summed E-state index contributed by atoms with van der Waals surface area (Å²) in [4.78, 5) is 19.7. The fourth-order valence-electron chi connectivity index (χ4n) is 3.81. The number of hydrogen-bond acceptors (Lipinski definition) is 7. The van der Waals surface area contributed by atoms with Gasteiger partial charge in [0.2, 0.25) is 17.6 Å². The van der Waals surface area contributed by atoms with Crippen LogP contribution in [0.1, 0.15) is 18.7 Å². The van der Waals surface area contributed by atoms with E-state index in [4.69, 9.17) is 14.0 Å². The van der Waals surface area contributed by atoms with Crippen LogP contribution < -0.4 is 14.8 Å². The monoisotopic (exact) mass is 500 g/mol. The molecule has 3 aromatic rings. The molecule has 1 aromatic heterocycles. The number of likely N-dealkylation sites (tertiary alicyclic amines) is 1. The Morgan fingerprint density at radius 3 is 2.91 bits per heavy atom. The van der Waals surface area contributed by atoms with Crippen LogP contribution in [0.25, 0.3) is 11.4 Å². The van der Waals surface area contributed by atoms with Crippen LogP contribution in [0.5, 0.6) is 11.5 Å². The Kier molecular flexibility index (Phi) is 7.06. The van der Waals surface area contributed by atoms with Gasteiger partial charge in [0.1, 0.15) is 11.5 Å². The minimum atomic E-state index is -0.146. The zero-order valence-electron chi connectivity index (χ0n) is 18.0. The molecule has 9 heteroatoms. The van der Waals surface area contributed by atoms with Crippen molar-refractivity contribution >= 4 is 27.5 Å². The van der Waals surface area contributed by atoms with Crippen molar-refractivity contribution in [1.82, 2.24) is 15.0 Å². The third-order valence-corrected chi connectivity index (χ3v) is 5.94. The molecule has 0 spiro atoms. The maximum atomic E-state index is 13.0. The molecule has 0 saturated carbocycles. The number of piperidine rings is 1. The molecule has 168 valence electrons. The number of nitrogens with one attached hydrogen (secondary N) is 1. The Morgan fingerprint density at radius 1 is 1.25 bits per heavy atom. The number of hydrogen-bond donors (Lipinski definition) is 1. The number of nitrogens with zero attached hydrogens (tertiary/aromatic N) is 3. The predicted molar refractivity (Wildman–Crippen MR) is 124 cm³/mol. The van der Waals surface area contributed by atoms with Crippen molar-refractivity contribution < 1.29 is 18.8 Å². The molecular formula is C23H25BrN4O4. The number of carbonyl (C=O) groups excluding carboxylic acids is 1. The molecule has 1 amide bonds. The fourth-order valence-corrected chi connectivity index (χ4v) is 4.21. The number of aromatic nitrogens is 2. The molecule has 0 aliphatic carbocycles. The van der Waals surface area contributed by atoms with Crippen molar-refractivity contribution in [2.45, 2.75) is 19.4 Å². The first kappa shape index (κ1) is 22.3. The Hall–Kier alpha value is -2.91. The highest BCUT2D eigenvalue weighted by atomic mass is 79.9. The van der Waals surface area contributed by atoms with E-state index in [9.17, 15) is 4.79 Å². The van der Waals surface area contributed by atoms with Crippen LogP contribution in [0.2, 0.25) is 0 Å². The Labute approximate surface area is 195 Å². The largest absolute Gasteiger partial charge is 0.497 e. The molecule has 32 heavy (non-hydrogen) atoms. The van der Waals surface area contributed by atoms with Gasteiger partial charge in [0, 0.05) is 22.6 Å². The predicted octanol–water partition coefficient (Wildman–Crippen LogP) is 4.37. The number of ether oxygens (including phenoxy) is 2. The van der Waals surface area contributed by atoms with Gasteiger partial charge in [0.15, 0.2) is 0 Å². The molecule has 1 fully saturated rings. The minimum Gasteiger partial charge on any atom is -0.497 e. The van der Waals surface area contributed by atoms with Gasteiger partial charge in [-0.1, -0.05) is 33.2 Å². The van der Waals surface area contributed by atoms with E-state index in [0.29, 0.717) is 42.0 Å². The topological polar surface area (TPSA) is 89.7 Å². The summed E-state index contributed by atoms with van der Waals surface area (Å²) in [7, 11) is 3.17. The second-order valence-electron chi connectivity index (χ2n) is 7.65. The van der Waals surface area contributed by atoms with Gasteiger partial charge in [0.05, 0.1) is 32.4 Å². The van der Waals surface area contributed by atoms with E-state index in [2.05, 4.69) is 36.3 Å². The molecule has 0 radical (unpaired) electrons. The molecule has 1 aliphatic rings. The standard InChI is InChI=1S/C23H25BrN4O4/c1-30-18-8-9-20(31-2)19(12-18)25-23(29)16-6-4-10-28(13-16)14-21-26-22(27-32-21)15-5-3-7-17(24)11-15/h3,5,7-9,11-12,16H,4,6,10,13-14H2,1-2H3,(H,25,29). The summed E-state index contributed by atoms with van der Waals surface area (Å²) in [6.07, 6.45) is 1.74. The molecule has 2 aromatic carbocycles. The first-order chi connectivity index (χ1) is 15.6. The first-order valence-corrected chi connectivity index (χ1v) is 11.2. The second-order valence-corrected chi connectivity index (χ2v) is 8.57. The third-order valence-electron chi connectivity index (χ3n) is 5.45. The average molecular weight is 501 g/mol. The quantitative estimate of drug-likeness (QED) is 0.515. The number of amides is 1. The lowest BCUT2D eigenvalue weighted by molar-refractivity contribution is -0.121. The van der Waals surface area contributed by atoms with Crippen LogP contribution in [0.15, 0.2) is 51.5 Å². The highest BCUT2D eigenvalue weighted by Gasteiger charge is 2.27. The molecule has 1 atom stereocenters. The Balaban J connectivity index is 1.39. The maximum absolute atomic E-state index is 13.0. The lowest BCUT2D eigenvalue weighted by Crippen LogP contribution is -2.40. The van der Waals surface area contributed by atoms with E-state index in [1.54, 1.807) is 32.4 Å². The van der Waals surface area contributed by atoms with Gasteiger partial charge in [-0.05, 0) is 43.7 Å². The Bertz CT molecular complexity index is 1090. The maximum Gasteiger partial charge on any atom is 0.241 e. The smallest absolute Gasteiger partial charge is 0.241 e. The minimum absolute atomic E-state index is 0.0402. The molecular weight excluding hydrogens is 476 g/mol. The SMILES string of the molecule is COc1ccc(OC)c(NC(=O)C2CCCN(Cc3nc(-c4cccc(Br)c4)no3)C2)c1. The summed E-state index contributed by atoms with van der Waals surface area (Å²) < 4.78 is 17.0. The normalized spacial score (nSPS) is 16.5. The number of methoxy groups -OCH3 is 2. The van der Waals surface area contributed by atoms with Gasteiger partial charge < -0.3 is 19.3 Å². The molecule has 2 heterocycles. The zero-order valence-corrected chi connectivity index (χ0v) is 19.6. The van der Waals surface area contributed by atoms with E-state index in [-0.39, 0.29) is 11.8 Å². The Morgan fingerprint density at radius 2 is 2.12 bits per heavy atom. The van der Waals surface area contributed by atoms with E-state index < -0.39 is 0 Å². The van der Waals surface area contributed by atoms with E-state index >= 15 is 0 Å². The summed E-state index contributed by atoms with van der Waals surface area (Å²) in [5.41, 5.74) is 1.49. The van der Waals surface area contributed by atoms with Gasteiger partial charge >= 0.3 is 0 Å². The fraction of sp³-hybridized carbons (Fsp3) is 0.348. The molecule has 4 rings (SSSR count). The lowest BCUT2D eigenvalue weighted by atomic mass is 9.97. The van der Waals surface area contributed by atoms with Crippen LogP contribution in [-0.4, -0.2) is 48.3 Å². The highest BCUT2D eigenvalue weighted by molar-refractivity contribution is 9.10. The number of benzene rings is 2. The third kappa shape index (κ3) is 5.28. The van der Waals surface area contributed by atoms with Crippen LogP contribution in [-0.2, 0) is 11.3 Å². The van der Waals surface area contributed by atoms with Gasteiger partial charge in [-0.2, -0.15) is 4.98 Å². The van der Waals surface area contributed by atoms with Crippen molar-refractivity contribution in [2.75, 3.05) is 32.6 Å². The molecule has 8 nitrogen and oxygen atoms in total. The summed E-state index contributed by atoms with van der Waals surface area (Å²) in [6.45, 7) is 2.00. The van der Waals surface area contributed by atoms with Crippen LogP contribution >= 0.6 is 15.9 Å². The average Bonchev–Trinajstić information content (AvgIpc) is 3.27. The van der Waals surface area contributed by atoms with Crippen molar-refractivity contribution in [2.24, 2.45) is 5.92 Å². The van der Waals surface area contributed by atoms with Crippen molar-refractivity contribution in [3.05, 3.63) is 52.8 Å². The number of halogens is 1. The summed E-state index contributed by atoms with van der Waals surface area (Å²) in [6, 6.07) is 13.1. The van der Waals surface area contributed by atoms with Crippen LogP contribution in [0.4, 0.5) is 5.69 Å². The van der Waals surface area contributed by atoms with E-state index in [0.717, 1.165) is 29.4 Å². The lowest BCUT2D eigenvalue weighted by Gasteiger charge is -2.31. The zero-order chi connectivity index (χ0) is 22.5. The van der Waals surface area contributed by atoms with Gasteiger partial charge in [0.25, 0.3) is 0 Å². The molecule has 1 saturated heterocycles. The van der Waals surface area contributed by atoms with Gasteiger partial charge in [-0.3, -0.25) is 9.69 Å². The number of carbonyl (C=O) groups is 1. The van der Waals surface area contributed by atoms with Gasteiger partial charge in [-0.25, -0.2) is 0 Å².